The number of hydrogen-bond donors (Lipinski definition) is 1. The molecule has 1 N–H and O–H groups in total. The van der Waals surface area contributed by atoms with Crippen molar-refractivity contribution in [1.82, 2.24) is 10.2 Å². The summed E-state index contributed by atoms with van der Waals surface area (Å²) in [5.74, 6) is 3.25. The molecule has 3 aliphatic rings. The second kappa shape index (κ2) is 4.06. The Labute approximate surface area is 93.4 Å². The lowest BCUT2D eigenvalue weighted by Gasteiger charge is -2.37. The molecule has 3 fully saturated rings. The molecule has 3 rings (SSSR count). The molecule has 2 bridgehead atoms. The lowest BCUT2D eigenvalue weighted by molar-refractivity contribution is 0.127. The van der Waals surface area contributed by atoms with E-state index in [-0.39, 0.29) is 0 Å². The summed E-state index contributed by atoms with van der Waals surface area (Å²) in [5.41, 5.74) is 0. The molecular weight excluding hydrogens is 184 g/mol. The Bertz CT molecular complexity index is 229. The van der Waals surface area contributed by atoms with Crippen molar-refractivity contribution in [2.24, 2.45) is 17.8 Å². The van der Waals surface area contributed by atoms with Crippen LogP contribution in [0.5, 0.6) is 0 Å². The van der Waals surface area contributed by atoms with E-state index in [1.165, 1.54) is 39.0 Å². The van der Waals surface area contributed by atoms with Crippen molar-refractivity contribution in [2.45, 2.75) is 38.6 Å². The van der Waals surface area contributed by atoms with Crippen LogP contribution in [0.25, 0.3) is 0 Å². The average Bonchev–Trinajstić information content (AvgIpc) is 2.83. The highest BCUT2D eigenvalue weighted by Gasteiger charge is 2.40. The van der Waals surface area contributed by atoms with Gasteiger partial charge >= 0.3 is 0 Å². The third-order valence-corrected chi connectivity index (χ3v) is 4.99. The second-order valence-electron chi connectivity index (χ2n) is 5.98. The fourth-order valence-corrected chi connectivity index (χ4v) is 4.06. The molecule has 86 valence electrons. The van der Waals surface area contributed by atoms with Crippen molar-refractivity contribution in [2.75, 3.05) is 26.2 Å². The summed E-state index contributed by atoms with van der Waals surface area (Å²) in [5, 5.41) is 3.48. The van der Waals surface area contributed by atoms with Crippen LogP contribution in [0.4, 0.5) is 0 Å². The van der Waals surface area contributed by atoms with Crippen LogP contribution in [0.1, 0.15) is 32.6 Å². The van der Waals surface area contributed by atoms with Crippen molar-refractivity contribution in [3.05, 3.63) is 0 Å². The number of rotatable bonds is 2. The Kier molecular flexibility index (Phi) is 2.73. The van der Waals surface area contributed by atoms with Crippen LogP contribution in [-0.2, 0) is 0 Å². The van der Waals surface area contributed by atoms with Gasteiger partial charge in [-0.05, 0) is 43.9 Å². The van der Waals surface area contributed by atoms with Gasteiger partial charge in [-0.15, -0.1) is 0 Å². The zero-order valence-corrected chi connectivity index (χ0v) is 9.91. The van der Waals surface area contributed by atoms with E-state index in [1.807, 2.05) is 0 Å². The molecule has 0 aromatic heterocycles. The first-order valence-corrected chi connectivity index (χ1v) is 6.77. The molecule has 0 aromatic carbocycles. The highest BCUT2D eigenvalue weighted by Crippen LogP contribution is 2.48. The first-order valence-electron chi connectivity index (χ1n) is 6.77. The van der Waals surface area contributed by atoms with E-state index in [4.69, 9.17) is 0 Å². The van der Waals surface area contributed by atoms with Gasteiger partial charge in [0, 0.05) is 32.2 Å². The van der Waals surface area contributed by atoms with Crippen LogP contribution in [0, 0.1) is 17.8 Å². The van der Waals surface area contributed by atoms with E-state index in [2.05, 4.69) is 17.1 Å². The summed E-state index contributed by atoms with van der Waals surface area (Å²) in [4.78, 5) is 2.72. The molecule has 1 aliphatic heterocycles. The summed E-state index contributed by atoms with van der Waals surface area (Å²) >= 11 is 0. The lowest BCUT2D eigenvalue weighted by atomic mass is 9.88. The summed E-state index contributed by atoms with van der Waals surface area (Å²) in [7, 11) is 0. The minimum Gasteiger partial charge on any atom is -0.314 e. The minimum atomic E-state index is 0.762. The van der Waals surface area contributed by atoms with Gasteiger partial charge in [-0.3, -0.25) is 4.90 Å². The van der Waals surface area contributed by atoms with Gasteiger partial charge in [-0.2, -0.15) is 0 Å². The van der Waals surface area contributed by atoms with Crippen LogP contribution >= 0.6 is 0 Å². The van der Waals surface area contributed by atoms with Gasteiger partial charge in [0.15, 0.2) is 0 Å². The predicted molar refractivity (Wildman–Crippen MR) is 62.8 cm³/mol. The smallest absolute Gasteiger partial charge is 0.0193 e. The van der Waals surface area contributed by atoms with Crippen LogP contribution in [-0.4, -0.2) is 37.1 Å². The Morgan fingerprint density at radius 1 is 1.27 bits per heavy atom. The Morgan fingerprint density at radius 3 is 2.87 bits per heavy atom. The predicted octanol–water partition coefficient (Wildman–Crippen LogP) is 1.72. The highest BCUT2D eigenvalue weighted by atomic mass is 15.2. The first kappa shape index (κ1) is 10.1. The molecule has 2 aliphatic carbocycles. The monoisotopic (exact) mass is 208 g/mol. The molecular formula is C13H24N2. The fraction of sp³-hybridized carbons (Fsp3) is 1.00. The Morgan fingerprint density at radius 2 is 2.20 bits per heavy atom. The highest BCUT2D eigenvalue weighted by molar-refractivity contribution is 4.92. The largest absolute Gasteiger partial charge is 0.314 e. The molecule has 0 spiro atoms. The van der Waals surface area contributed by atoms with Crippen molar-refractivity contribution in [3.8, 4) is 0 Å². The van der Waals surface area contributed by atoms with Gasteiger partial charge in [0.25, 0.3) is 0 Å². The van der Waals surface area contributed by atoms with Crippen molar-refractivity contribution in [1.29, 1.82) is 0 Å². The van der Waals surface area contributed by atoms with Gasteiger partial charge in [-0.25, -0.2) is 0 Å². The number of hydrogen-bond acceptors (Lipinski definition) is 2. The van der Waals surface area contributed by atoms with E-state index in [1.54, 1.807) is 12.8 Å². The average molecular weight is 208 g/mol. The molecule has 0 radical (unpaired) electrons. The van der Waals surface area contributed by atoms with Gasteiger partial charge in [0.2, 0.25) is 0 Å². The fourth-order valence-electron chi connectivity index (χ4n) is 4.06. The maximum atomic E-state index is 3.48. The quantitative estimate of drug-likeness (QED) is 0.743. The maximum absolute atomic E-state index is 3.48. The van der Waals surface area contributed by atoms with Crippen molar-refractivity contribution >= 4 is 0 Å². The van der Waals surface area contributed by atoms with Crippen LogP contribution in [0.2, 0.25) is 0 Å². The summed E-state index contributed by atoms with van der Waals surface area (Å²) in [6.07, 6.45) is 6.18. The molecule has 2 heteroatoms. The lowest BCUT2D eigenvalue weighted by Crippen LogP contribution is -2.51. The van der Waals surface area contributed by atoms with Crippen LogP contribution < -0.4 is 5.32 Å². The number of nitrogens with one attached hydrogen (secondary N) is 1. The van der Waals surface area contributed by atoms with Gasteiger partial charge in [-0.1, -0.05) is 6.42 Å². The summed E-state index contributed by atoms with van der Waals surface area (Å²) in [6, 6.07) is 0.762. The van der Waals surface area contributed by atoms with Crippen LogP contribution in [0.15, 0.2) is 0 Å². The third kappa shape index (κ3) is 1.94. The molecule has 15 heavy (non-hydrogen) atoms. The maximum Gasteiger partial charge on any atom is 0.0193 e. The second-order valence-corrected chi connectivity index (χ2v) is 5.98. The first-order chi connectivity index (χ1) is 7.33. The molecule has 2 saturated carbocycles. The Balaban J connectivity index is 1.56. The molecule has 1 heterocycles. The third-order valence-electron chi connectivity index (χ3n) is 4.99. The molecule has 1 saturated heterocycles. The van der Waals surface area contributed by atoms with Gasteiger partial charge in [0.1, 0.15) is 0 Å². The van der Waals surface area contributed by atoms with E-state index in [0.29, 0.717) is 0 Å². The topological polar surface area (TPSA) is 15.3 Å². The molecule has 3 unspecified atom stereocenters. The van der Waals surface area contributed by atoms with Crippen molar-refractivity contribution < 1.29 is 0 Å². The normalized spacial score (nSPS) is 46.2. The van der Waals surface area contributed by atoms with E-state index in [9.17, 15) is 0 Å². The van der Waals surface area contributed by atoms with Crippen molar-refractivity contribution in [3.63, 3.8) is 0 Å². The summed E-state index contributed by atoms with van der Waals surface area (Å²) < 4.78 is 0. The van der Waals surface area contributed by atoms with Gasteiger partial charge < -0.3 is 5.32 Å². The van der Waals surface area contributed by atoms with E-state index < -0.39 is 0 Å². The molecule has 2 nitrogen and oxygen atoms in total. The number of fused-ring (bicyclic) bond motifs is 2. The SMILES string of the molecule is C[C@@H]1CNCCN1CC1CC2CCC1C2. The van der Waals surface area contributed by atoms with Gasteiger partial charge in [0.05, 0.1) is 0 Å². The van der Waals surface area contributed by atoms with Crippen LogP contribution in [0.3, 0.4) is 0 Å². The summed E-state index contributed by atoms with van der Waals surface area (Å²) in [6.45, 7) is 7.43. The molecule has 0 amide bonds. The minimum absolute atomic E-state index is 0.762. The molecule has 4 atom stereocenters. The molecule has 0 aromatic rings. The van der Waals surface area contributed by atoms with E-state index in [0.717, 1.165) is 23.8 Å². The number of nitrogens with zero attached hydrogens (tertiary/aromatic N) is 1. The standard InChI is InChI=1S/C13H24N2/c1-10-8-14-4-5-15(10)9-13-7-11-2-3-12(13)6-11/h10-14H,2-9H2,1H3/t10-,11?,12?,13?/m1/s1. The zero-order chi connectivity index (χ0) is 10.3. The van der Waals surface area contributed by atoms with E-state index >= 15 is 0 Å². The zero-order valence-electron chi connectivity index (χ0n) is 9.91. The Hall–Kier alpha value is -0.0800. The number of piperazine rings is 1.